The summed E-state index contributed by atoms with van der Waals surface area (Å²) in [4.78, 5) is 26.2. The lowest BCUT2D eigenvalue weighted by Gasteiger charge is -2.16. The van der Waals surface area contributed by atoms with Crippen LogP contribution in [0.3, 0.4) is 0 Å². The number of nitrogens with one attached hydrogen (secondary N) is 1. The zero-order valence-corrected chi connectivity index (χ0v) is 17.1. The molecule has 0 saturated carbocycles. The van der Waals surface area contributed by atoms with Crippen molar-refractivity contribution < 1.29 is 14.3 Å². The van der Waals surface area contributed by atoms with E-state index in [1.807, 2.05) is 24.3 Å². The Morgan fingerprint density at radius 1 is 1.24 bits per heavy atom. The summed E-state index contributed by atoms with van der Waals surface area (Å²) in [5.41, 5.74) is 4.11. The van der Waals surface area contributed by atoms with Gasteiger partial charge < -0.3 is 9.64 Å². The number of ether oxygens (including phenoxy) is 1. The number of carbonyl (C=O) groups excluding carboxylic acids is 2. The molecule has 2 amide bonds. The number of unbranched alkanes of at least 4 members (excludes halogenated alkanes) is 1. The van der Waals surface area contributed by atoms with Crippen LogP contribution in [0.2, 0.25) is 5.02 Å². The second-order valence-corrected chi connectivity index (χ2v) is 7.32. The van der Waals surface area contributed by atoms with Crippen molar-refractivity contribution >= 4 is 35.3 Å². The Hall–Kier alpha value is -2.86. The molecule has 1 aliphatic rings. The van der Waals surface area contributed by atoms with Crippen molar-refractivity contribution in [1.82, 2.24) is 5.43 Å². The molecule has 2 aromatic rings. The van der Waals surface area contributed by atoms with Gasteiger partial charge >= 0.3 is 0 Å². The molecule has 7 heteroatoms. The van der Waals surface area contributed by atoms with E-state index in [1.54, 1.807) is 35.4 Å². The fourth-order valence-electron chi connectivity index (χ4n) is 3.00. The normalized spacial score (nSPS) is 16.4. The van der Waals surface area contributed by atoms with Crippen molar-refractivity contribution in [2.45, 2.75) is 26.2 Å². The average molecular weight is 414 g/mol. The molecule has 1 unspecified atom stereocenters. The number of anilines is 1. The highest BCUT2D eigenvalue weighted by Gasteiger charge is 2.35. The number of carbonyl (C=O) groups is 2. The van der Waals surface area contributed by atoms with Crippen LogP contribution in [0, 0.1) is 5.92 Å². The van der Waals surface area contributed by atoms with Gasteiger partial charge in [0.25, 0.3) is 0 Å². The number of benzene rings is 2. The molecule has 1 N–H and O–H groups in total. The molecule has 1 saturated heterocycles. The highest BCUT2D eigenvalue weighted by Crippen LogP contribution is 2.26. The third-order valence-corrected chi connectivity index (χ3v) is 4.92. The number of hydrogen-bond acceptors (Lipinski definition) is 4. The molecule has 0 bridgehead atoms. The number of hydrogen-bond donors (Lipinski definition) is 1. The molecular weight excluding hydrogens is 390 g/mol. The van der Waals surface area contributed by atoms with Crippen LogP contribution >= 0.6 is 11.6 Å². The Morgan fingerprint density at radius 2 is 1.97 bits per heavy atom. The van der Waals surface area contributed by atoms with E-state index in [9.17, 15) is 9.59 Å². The minimum absolute atomic E-state index is 0.0879. The molecular formula is C22H24ClN3O3. The van der Waals surface area contributed by atoms with E-state index in [0.717, 1.165) is 29.8 Å². The van der Waals surface area contributed by atoms with Crippen molar-refractivity contribution in [2.24, 2.45) is 11.0 Å². The van der Waals surface area contributed by atoms with Gasteiger partial charge in [-0.25, -0.2) is 5.43 Å². The fraction of sp³-hybridized carbons (Fsp3) is 0.318. The summed E-state index contributed by atoms with van der Waals surface area (Å²) < 4.78 is 5.62. The highest BCUT2D eigenvalue weighted by atomic mass is 35.5. The Kier molecular flexibility index (Phi) is 7.25. The van der Waals surface area contributed by atoms with Gasteiger partial charge in [0.1, 0.15) is 5.75 Å². The molecule has 2 aromatic carbocycles. The van der Waals surface area contributed by atoms with Gasteiger partial charge in [0.15, 0.2) is 0 Å². The van der Waals surface area contributed by atoms with E-state index in [-0.39, 0.29) is 18.2 Å². The molecule has 0 spiro atoms. The summed E-state index contributed by atoms with van der Waals surface area (Å²) in [6.07, 6.45) is 3.85. The molecule has 0 aliphatic carbocycles. The predicted octanol–water partition coefficient (Wildman–Crippen LogP) is 4.02. The number of nitrogens with zero attached hydrogens (tertiary/aromatic N) is 2. The molecule has 0 aromatic heterocycles. The zero-order valence-electron chi connectivity index (χ0n) is 16.3. The van der Waals surface area contributed by atoms with Crippen molar-refractivity contribution in [2.75, 3.05) is 18.1 Å². The first kappa shape index (κ1) is 20.9. The Morgan fingerprint density at radius 3 is 2.66 bits per heavy atom. The summed E-state index contributed by atoms with van der Waals surface area (Å²) in [7, 11) is 0. The first-order valence-electron chi connectivity index (χ1n) is 9.68. The molecule has 1 fully saturated rings. The summed E-state index contributed by atoms with van der Waals surface area (Å²) in [6, 6.07) is 14.5. The molecule has 1 heterocycles. The van der Waals surface area contributed by atoms with Gasteiger partial charge in [-0.1, -0.05) is 24.9 Å². The molecule has 3 rings (SSSR count). The van der Waals surface area contributed by atoms with E-state index >= 15 is 0 Å². The van der Waals surface area contributed by atoms with Crippen LogP contribution in [0.25, 0.3) is 0 Å². The number of halogens is 1. The van der Waals surface area contributed by atoms with Crippen LogP contribution in [0.1, 0.15) is 31.7 Å². The topological polar surface area (TPSA) is 71.0 Å². The highest BCUT2D eigenvalue weighted by molar-refractivity contribution is 6.30. The molecule has 0 radical (unpaired) electrons. The Balaban J connectivity index is 1.50. The van der Waals surface area contributed by atoms with Crippen LogP contribution in [0.15, 0.2) is 53.6 Å². The second kappa shape index (κ2) is 10.1. The fourth-order valence-corrected chi connectivity index (χ4v) is 3.13. The smallest absolute Gasteiger partial charge is 0.245 e. The average Bonchev–Trinajstić information content (AvgIpc) is 3.12. The van der Waals surface area contributed by atoms with E-state index in [1.165, 1.54) is 0 Å². The number of amides is 2. The predicted molar refractivity (Wildman–Crippen MR) is 114 cm³/mol. The standard InChI is InChI=1S/C22H24ClN3O3/c1-2-3-12-29-20-10-4-16(5-11-20)14-24-25-22(28)17-13-21(27)26(15-17)19-8-6-18(23)7-9-19/h4-11,14,17H,2-3,12-13,15H2,1H3,(H,25,28)/b24-14+. The van der Waals surface area contributed by atoms with Gasteiger partial charge in [-0.05, 0) is 60.5 Å². The van der Waals surface area contributed by atoms with Gasteiger partial charge in [0, 0.05) is 23.7 Å². The minimum atomic E-state index is -0.440. The third-order valence-electron chi connectivity index (χ3n) is 4.67. The summed E-state index contributed by atoms with van der Waals surface area (Å²) >= 11 is 5.89. The molecule has 1 aliphatic heterocycles. The summed E-state index contributed by atoms with van der Waals surface area (Å²) in [5, 5.41) is 4.61. The first-order chi connectivity index (χ1) is 14.1. The van der Waals surface area contributed by atoms with E-state index in [2.05, 4.69) is 17.5 Å². The van der Waals surface area contributed by atoms with Crippen molar-refractivity contribution in [1.29, 1.82) is 0 Å². The van der Waals surface area contributed by atoms with E-state index < -0.39 is 5.92 Å². The van der Waals surface area contributed by atoms with Gasteiger partial charge in [0.2, 0.25) is 11.8 Å². The van der Waals surface area contributed by atoms with Crippen LogP contribution in [-0.4, -0.2) is 31.2 Å². The summed E-state index contributed by atoms with van der Waals surface area (Å²) in [5.74, 6) is 0.0109. The van der Waals surface area contributed by atoms with Crippen molar-refractivity contribution in [3.8, 4) is 5.75 Å². The molecule has 1 atom stereocenters. The van der Waals surface area contributed by atoms with Gasteiger partial charge in [-0.15, -0.1) is 0 Å². The zero-order chi connectivity index (χ0) is 20.6. The molecule has 152 valence electrons. The maximum Gasteiger partial charge on any atom is 0.245 e. The summed E-state index contributed by atoms with van der Waals surface area (Å²) in [6.45, 7) is 3.15. The van der Waals surface area contributed by atoms with E-state index in [0.29, 0.717) is 18.2 Å². The monoisotopic (exact) mass is 413 g/mol. The quantitative estimate of drug-likeness (QED) is 0.403. The first-order valence-corrected chi connectivity index (χ1v) is 10.1. The van der Waals surface area contributed by atoms with Gasteiger partial charge in [-0.2, -0.15) is 5.10 Å². The molecule has 6 nitrogen and oxygen atoms in total. The van der Waals surface area contributed by atoms with Gasteiger partial charge in [-0.3, -0.25) is 9.59 Å². The van der Waals surface area contributed by atoms with Crippen molar-refractivity contribution in [3.05, 3.63) is 59.1 Å². The van der Waals surface area contributed by atoms with Crippen LogP contribution < -0.4 is 15.1 Å². The van der Waals surface area contributed by atoms with Crippen LogP contribution in [0.5, 0.6) is 5.75 Å². The number of hydrazone groups is 1. The third kappa shape index (κ3) is 5.81. The van der Waals surface area contributed by atoms with Crippen molar-refractivity contribution in [3.63, 3.8) is 0 Å². The molecule has 29 heavy (non-hydrogen) atoms. The lowest BCUT2D eigenvalue weighted by Crippen LogP contribution is -2.30. The lowest BCUT2D eigenvalue weighted by atomic mass is 10.1. The van der Waals surface area contributed by atoms with E-state index in [4.69, 9.17) is 16.3 Å². The maximum atomic E-state index is 12.4. The SMILES string of the molecule is CCCCOc1ccc(/C=N/NC(=O)C2CC(=O)N(c3ccc(Cl)cc3)C2)cc1. The minimum Gasteiger partial charge on any atom is -0.494 e. The second-order valence-electron chi connectivity index (χ2n) is 6.89. The largest absolute Gasteiger partial charge is 0.494 e. The maximum absolute atomic E-state index is 12.4. The number of rotatable bonds is 8. The van der Waals surface area contributed by atoms with Crippen LogP contribution in [-0.2, 0) is 9.59 Å². The lowest BCUT2D eigenvalue weighted by molar-refractivity contribution is -0.126. The van der Waals surface area contributed by atoms with Crippen LogP contribution in [0.4, 0.5) is 5.69 Å². The Bertz CT molecular complexity index is 866. The van der Waals surface area contributed by atoms with Gasteiger partial charge in [0.05, 0.1) is 18.7 Å². The Labute approximate surface area is 175 Å².